The van der Waals surface area contributed by atoms with E-state index in [1.54, 1.807) is 0 Å². The van der Waals surface area contributed by atoms with Crippen LogP contribution in [0.4, 0.5) is 5.82 Å². The number of anilines is 1. The van der Waals surface area contributed by atoms with Crippen molar-refractivity contribution < 1.29 is 0 Å². The van der Waals surface area contributed by atoms with Crippen LogP contribution in [0.5, 0.6) is 0 Å². The van der Waals surface area contributed by atoms with Gasteiger partial charge in [0.15, 0.2) is 0 Å². The van der Waals surface area contributed by atoms with E-state index < -0.39 is 0 Å². The van der Waals surface area contributed by atoms with Crippen molar-refractivity contribution in [2.75, 3.05) is 5.73 Å². The van der Waals surface area contributed by atoms with Crippen molar-refractivity contribution in [1.29, 1.82) is 5.26 Å². The van der Waals surface area contributed by atoms with Crippen molar-refractivity contribution >= 4 is 17.4 Å². The number of rotatable bonds is 2. The standard InChI is InChI=1S/C21H18ClN3/c1-12-7-8-17(13(2)9-12)19-14(3)20(25-21(24)18(19)11-23)15-5-4-6-16(22)10-15/h4-10H,1-3H3,(H2,24,25). The van der Waals surface area contributed by atoms with E-state index in [2.05, 4.69) is 17.1 Å². The summed E-state index contributed by atoms with van der Waals surface area (Å²) < 4.78 is 0. The first-order valence-electron chi connectivity index (χ1n) is 7.96. The zero-order valence-electron chi connectivity index (χ0n) is 14.4. The van der Waals surface area contributed by atoms with Crippen molar-refractivity contribution in [1.82, 2.24) is 4.98 Å². The molecule has 0 atom stereocenters. The molecule has 4 heteroatoms. The summed E-state index contributed by atoms with van der Waals surface area (Å²) in [5.74, 6) is 0.234. The molecule has 0 aliphatic heterocycles. The molecule has 0 fully saturated rings. The Bertz CT molecular complexity index is 1020. The molecule has 0 radical (unpaired) electrons. The minimum Gasteiger partial charge on any atom is -0.383 e. The molecule has 0 amide bonds. The molecule has 3 rings (SSSR count). The van der Waals surface area contributed by atoms with Crippen LogP contribution in [0.15, 0.2) is 42.5 Å². The zero-order chi connectivity index (χ0) is 18.1. The minimum atomic E-state index is 0.234. The van der Waals surface area contributed by atoms with Gasteiger partial charge in [-0.15, -0.1) is 0 Å². The number of nitriles is 1. The van der Waals surface area contributed by atoms with Gasteiger partial charge in [-0.3, -0.25) is 0 Å². The van der Waals surface area contributed by atoms with E-state index in [1.165, 1.54) is 5.56 Å². The topological polar surface area (TPSA) is 62.7 Å². The summed E-state index contributed by atoms with van der Waals surface area (Å²) in [6.45, 7) is 6.06. The molecule has 0 aliphatic carbocycles. The quantitative estimate of drug-likeness (QED) is 0.670. The number of hydrogen-bond acceptors (Lipinski definition) is 3. The van der Waals surface area contributed by atoms with Crippen LogP contribution in [-0.2, 0) is 0 Å². The molecule has 0 unspecified atom stereocenters. The number of pyridine rings is 1. The van der Waals surface area contributed by atoms with Gasteiger partial charge < -0.3 is 5.73 Å². The molecule has 0 saturated heterocycles. The highest BCUT2D eigenvalue weighted by atomic mass is 35.5. The van der Waals surface area contributed by atoms with Gasteiger partial charge in [-0.2, -0.15) is 5.26 Å². The Morgan fingerprint density at radius 3 is 2.48 bits per heavy atom. The number of aromatic nitrogens is 1. The fourth-order valence-electron chi connectivity index (χ4n) is 3.15. The maximum absolute atomic E-state index is 9.64. The van der Waals surface area contributed by atoms with Crippen LogP contribution < -0.4 is 5.73 Å². The summed E-state index contributed by atoms with van der Waals surface area (Å²) in [7, 11) is 0. The van der Waals surface area contributed by atoms with Gasteiger partial charge in [-0.05, 0) is 49.6 Å². The molecule has 25 heavy (non-hydrogen) atoms. The van der Waals surface area contributed by atoms with Crippen LogP contribution in [0.2, 0.25) is 5.02 Å². The summed E-state index contributed by atoms with van der Waals surface area (Å²) >= 11 is 6.13. The highest BCUT2D eigenvalue weighted by molar-refractivity contribution is 6.30. The Hall–Kier alpha value is -2.83. The van der Waals surface area contributed by atoms with Gasteiger partial charge in [0.2, 0.25) is 0 Å². The normalized spacial score (nSPS) is 10.5. The minimum absolute atomic E-state index is 0.234. The molecule has 0 spiro atoms. The predicted molar refractivity (Wildman–Crippen MR) is 103 cm³/mol. The third-order valence-electron chi connectivity index (χ3n) is 4.33. The smallest absolute Gasteiger partial charge is 0.142 e. The molecule has 124 valence electrons. The molecular weight excluding hydrogens is 330 g/mol. The van der Waals surface area contributed by atoms with E-state index in [9.17, 15) is 5.26 Å². The highest BCUT2D eigenvalue weighted by Crippen LogP contribution is 2.37. The fraction of sp³-hybridized carbons (Fsp3) is 0.143. The van der Waals surface area contributed by atoms with Crippen LogP contribution in [0.1, 0.15) is 22.3 Å². The third-order valence-corrected chi connectivity index (χ3v) is 4.56. The number of halogens is 1. The van der Waals surface area contributed by atoms with Crippen molar-refractivity contribution in [2.45, 2.75) is 20.8 Å². The highest BCUT2D eigenvalue weighted by Gasteiger charge is 2.19. The molecule has 0 bridgehead atoms. The van der Waals surface area contributed by atoms with E-state index in [0.717, 1.165) is 33.5 Å². The number of benzene rings is 2. The second-order valence-corrected chi connectivity index (χ2v) is 6.60. The Morgan fingerprint density at radius 1 is 1.08 bits per heavy atom. The van der Waals surface area contributed by atoms with Crippen LogP contribution in [0, 0.1) is 32.1 Å². The summed E-state index contributed by atoms with van der Waals surface area (Å²) in [6.07, 6.45) is 0. The molecule has 3 nitrogen and oxygen atoms in total. The summed E-state index contributed by atoms with van der Waals surface area (Å²) in [4.78, 5) is 4.48. The number of nitrogens with zero attached hydrogens (tertiary/aromatic N) is 2. The second kappa shape index (κ2) is 6.58. The van der Waals surface area contributed by atoms with Crippen LogP contribution in [0.3, 0.4) is 0 Å². The Balaban J connectivity index is 2.36. The lowest BCUT2D eigenvalue weighted by Crippen LogP contribution is -2.04. The first-order valence-corrected chi connectivity index (χ1v) is 8.34. The van der Waals surface area contributed by atoms with E-state index in [4.69, 9.17) is 17.3 Å². The molecule has 3 aromatic rings. The van der Waals surface area contributed by atoms with Gasteiger partial charge in [0.1, 0.15) is 17.5 Å². The molecule has 1 aromatic heterocycles. The molecule has 0 saturated carbocycles. The lowest BCUT2D eigenvalue weighted by Gasteiger charge is -2.17. The maximum Gasteiger partial charge on any atom is 0.142 e. The summed E-state index contributed by atoms with van der Waals surface area (Å²) in [6, 6.07) is 15.9. The first kappa shape index (κ1) is 17.0. The van der Waals surface area contributed by atoms with Gasteiger partial charge in [-0.25, -0.2) is 4.98 Å². The van der Waals surface area contributed by atoms with Gasteiger partial charge in [0, 0.05) is 16.1 Å². The summed E-state index contributed by atoms with van der Waals surface area (Å²) in [5.41, 5.74) is 13.2. The van der Waals surface area contributed by atoms with Crippen molar-refractivity contribution in [3.05, 3.63) is 69.7 Å². The molecule has 0 aliphatic rings. The van der Waals surface area contributed by atoms with Gasteiger partial charge in [-0.1, -0.05) is 47.5 Å². The Morgan fingerprint density at radius 2 is 1.84 bits per heavy atom. The van der Waals surface area contributed by atoms with Crippen molar-refractivity contribution in [3.8, 4) is 28.5 Å². The molecule has 2 aromatic carbocycles. The van der Waals surface area contributed by atoms with Crippen LogP contribution >= 0.6 is 11.6 Å². The number of hydrogen-bond donors (Lipinski definition) is 1. The molecule has 2 N–H and O–H groups in total. The van der Waals surface area contributed by atoms with Crippen LogP contribution in [-0.4, -0.2) is 4.98 Å². The van der Waals surface area contributed by atoms with Gasteiger partial charge in [0.05, 0.1) is 5.69 Å². The monoisotopic (exact) mass is 347 g/mol. The zero-order valence-corrected chi connectivity index (χ0v) is 15.1. The number of aryl methyl sites for hydroxylation is 2. The SMILES string of the molecule is Cc1ccc(-c2c(C)c(-c3cccc(Cl)c3)nc(N)c2C#N)c(C)c1. The van der Waals surface area contributed by atoms with E-state index >= 15 is 0 Å². The molecule has 1 heterocycles. The van der Waals surface area contributed by atoms with Gasteiger partial charge in [0.25, 0.3) is 0 Å². The predicted octanol–water partition coefficient (Wildman–Crippen LogP) is 5.45. The van der Waals surface area contributed by atoms with Crippen LogP contribution in [0.25, 0.3) is 22.4 Å². The number of nitrogen functional groups attached to an aromatic ring is 1. The first-order chi connectivity index (χ1) is 11.9. The van der Waals surface area contributed by atoms with Gasteiger partial charge >= 0.3 is 0 Å². The third kappa shape index (κ3) is 3.09. The van der Waals surface area contributed by atoms with E-state index in [-0.39, 0.29) is 5.82 Å². The average Bonchev–Trinajstić information content (AvgIpc) is 2.57. The largest absolute Gasteiger partial charge is 0.383 e. The fourth-order valence-corrected chi connectivity index (χ4v) is 3.35. The van der Waals surface area contributed by atoms with Crippen molar-refractivity contribution in [2.24, 2.45) is 0 Å². The second-order valence-electron chi connectivity index (χ2n) is 6.16. The lowest BCUT2D eigenvalue weighted by atomic mass is 9.90. The Labute approximate surface area is 152 Å². The molecular formula is C21H18ClN3. The van der Waals surface area contributed by atoms with Crippen molar-refractivity contribution in [3.63, 3.8) is 0 Å². The lowest BCUT2D eigenvalue weighted by molar-refractivity contribution is 1.25. The maximum atomic E-state index is 9.64. The van der Waals surface area contributed by atoms with E-state index in [0.29, 0.717) is 10.6 Å². The van der Waals surface area contributed by atoms with E-state index in [1.807, 2.05) is 57.2 Å². The Kier molecular flexibility index (Phi) is 4.48. The number of nitrogens with two attached hydrogens (primary N) is 1. The average molecular weight is 348 g/mol. The summed E-state index contributed by atoms with van der Waals surface area (Å²) in [5, 5.41) is 10.3.